The fraction of sp³-hybridized carbons (Fsp3) is 0.682. The van der Waals surface area contributed by atoms with Crippen LogP contribution < -0.4 is 0 Å². The van der Waals surface area contributed by atoms with Gasteiger partial charge in [0.1, 0.15) is 30.5 Å². The number of aliphatic hydroxyl groups is 4. The number of carbonyl (C=O) groups is 1. The van der Waals surface area contributed by atoms with Crippen molar-refractivity contribution in [3.05, 3.63) is 35.5 Å². The molecule has 31 heavy (non-hydrogen) atoms. The highest BCUT2D eigenvalue weighted by atomic mass is 17.2. The first-order valence-corrected chi connectivity index (χ1v) is 10.4. The topological polar surface area (TPSA) is 135 Å². The van der Waals surface area contributed by atoms with E-state index in [1.54, 1.807) is 26.0 Å². The maximum absolute atomic E-state index is 12.3. The number of allylic oxidation sites excluding steroid dienone is 2. The monoisotopic (exact) mass is 442 g/mol. The van der Waals surface area contributed by atoms with Crippen molar-refractivity contribution in [1.29, 1.82) is 0 Å². The van der Waals surface area contributed by atoms with Crippen molar-refractivity contribution in [2.24, 2.45) is 5.92 Å². The Morgan fingerprint density at radius 1 is 1.29 bits per heavy atom. The number of aliphatic hydroxyl groups excluding tert-OH is 4. The van der Waals surface area contributed by atoms with Gasteiger partial charge in [0.2, 0.25) is 0 Å². The van der Waals surface area contributed by atoms with Crippen LogP contribution in [0.4, 0.5) is 0 Å². The lowest BCUT2D eigenvalue weighted by molar-refractivity contribution is -0.321. The van der Waals surface area contributed by atoms with Gasteiger partial charge >= 0.3 is 0 Å². The number of ether oxygens (including phenoxy) is 2. The van der Waals surface area contributed by atoms with E-state index in [0.717, 1.165) is 11.1 Å². The second-order valence-electron chi connectivity index (χ2n) is 8.05. The van der Waals surface area contributed by atoms with Crippen molar-refractivity contribution in [3.63, 3.8) is 0 Å². The van der Waals surface area contributed by atoms with Gasteiger partial charge in [0, 0.05) is 12.3 Å². The molecule has 9 heteroatoms. The fourth-order valence-corrected chi connectivity index (χ4v) is 3.50. The summed E-state index contributed by atoms with van der Waals surface area (Å²) in [5.74, 6) is -0.366. The summed E-state index contributed by atoms with van der Waals surface area (Å²) in [5, 5.41) is 39.3. The highest BCUT2D eigenvalue weighted by Crippen LogP contribution is 2.31. The van der Waals surface area contributed by atoms with Gasteiger partial charge < -0.3 is 29.9 Å². The molecule has 1 aliphatic heterocycles. The normalized spacial score (nSPS) is 34.5. The lowest BCUT2D eigenvalue weighted by Crippen LogP contribution is -2.59. The lowest BCUT2D eigenvalue weighted by atomic mass is 9.82. The summed E-state index contributed by atoms with van der Waals surface area (Å²) in [6.07, 6.45) is -2.94. The Kier molecular flexibility index (Phi) is 9.98. The van der Waals surface area contributed by atoms with Gasteiger partial charge in [0.15, 0.2) is 12.1 Å². The van der Waals surface area contributed by atoms with E-state index >= 15 is 0 Å². The van der Waals surface area contributed by atoms with E-state index in [-0.39, 0.29) is 24.7 Å². The quantitative estimate of drug-likeness (QED) is 0.166. The smallest absolute Gasteiger partial charge is 0.187 e. The number of carbonyl (C=O) groups excluding carboxylic acids is 1. The molecule has 0 aromatic carbocycles. The van der Waals surface area contributed by atoms with Crippen LogP contribution in [0.25, 0.3) is 0 Å². The second-order valence-corrected chi connectivity index (χ2v) is 8.05. The van der Waals surface area contributed by atoms with Crippen LogP contribution in [0.3, 0.4) is 0 Å². The van der Waals surface area contributed by atoms with Crippen molar-refractivity contribution >= 4 is 5.78 Å². The number of ketones is 1. The van der Waals surface area contributed by atoms with E-state index < -0.39 is 43.4 Å². The number of rotatable bonds is 10. The Bertz CT molecular complexity index is 684. The van der Waals surface area contributed by atoms with Crippen LogP contribution in [-0.4, -0.2) is 82.8 Å². The Balaban J connectivity index is 2.04. The largest absolute Gasteiger partial charge is 0.394 e. The molecular weight excluding hydrogens is 408 g/mol. The van der Waals surface area contributed by atoms with Crippen molar-refractivity contribution in [2.75, 3.05) is 19.8 Å². The lowest BCUT2D eigenvalue weighted by Gasteiger charge is -2.40. The standard InChI is InChI=1S/C22H34O9/c1-5-14(11-28-22-21(27)20(26)19(25)18(10-23)30-22)15-9-16(24)13(4)8-17(15)31-29-7-6-12(2)3/h5,8,15,17-23,25-27H,2,6-7,9-11H2,1,3-4H3/b14-5-. The maximum Gasteiger partial charge on any atom is 0.187 e. The van der Waals surface area contributed by atoms with Crippen molar-refractivity contribution in [2.45, 2.75) is 70.4 Å². The minimum atomic E-state index is -1.52. The van der Waals surface area contributed by atoms with Crippen LogP contribution >= 0.6 is 0 Å². The minimum absolute atomic E-state index is 0.0148. The first-order chi connectivity index (χ1) is 14.7. The molecule has 0 bridgehead atoms. The van der Waals surface area contributed by atoms with Crippen molar-refractivity contribution in [3.8, 4) is 0 Å². The Hall–Kier alpha value is -1.43. The van der Waals surface area contributed by atoms with E-state index in [4.69, 9.17) is 19.2 Å². The van der Waals surface area contributed by atoms with Crippen LogP contribution in [0.15, 0.2) is 35.5 Å². The molecule has 2 rings (SSSR count). The van der Waals surface area contributed by atoms with Crippen LogP contribution in [0, 0.1) is 5.92 Å². The summed E-state index contributed by atoms with van der Waals surface area (Å²) in [6.45, 7) is 9.00. The van der Waals surface area contributed by atoms with Gasteiger partial charge in [-0.3, -0.25) is 4.79 Å². The van der Waals surface area contributed by atoms with Gasteiger partial charge in [0.05, 0.1) is 19.8 Å². The minimum Gasteiger partial charge on any atom is -0.394 e. The maximum atomic E-state index is 12.3. The third kappa shape index (κ3) is 6.77. The molecule has 1 aliphatic carbocycles. The Morgan fingerprint density at radius 2 is 2.00 bits per heavy atom. The molecule has 176 valence electrons. The average molecular weight is 443 g/mol. The van der Waals surface area contributed by atoms with E-state index in [0.29, 0.717) is 18.6 Å². The van der Waals surface area contributed by atoms with Gasteiger partial charge in [-0.25, -0.2) is 9.78 Å². The van der Waals surface area contributed by atoms with E-state index in [1.807, 2.05) is 6.92 Å². The molecule has 2 aliphatic rings. The molecule has 0 aromatic rings. The number of hydrogen-bond acceptors (Lipinski definition) is 9. The molecule has 0 radical (unpaired) electrons. The van der Waals surface area contributed by atoms with Crippen LogP contribution in [-0.2, 0) is 24.0 Å². The molecule has 7 atom stereocenters. The van der Waals surface area contributed by atoms with Gasteiger partial charge in [-0.2, -0.15) is 0 Å². The van der Waals surface area contributed by atoms with E-state index in [2.05, 4.69) is 6.58 Å². The van der Waals surface area contributed by atoms with Gasteiger partial charge in [-0.05, 0) is 44.4 Å². The highest BCUT2D eigenvalue weighted by Gasteiger charge is 2.44. The molecule has 1 saturated heterocycles. The van der Waals surface area contributed by atoms with Crippen LogP contribution in [0.1, 0.15) is 33.6 Å². The van der Waals surface area contributed by atoms with Crippen molar-refractivity contribution in [1.82, 2.24) is 0 Å². The molecular formula is C22H34O9. The van der Waals surface area contributed by atoms with Gasteiger partial charge in [0.25, 0.3) is 0 Å². The molecule has 0 saturated carbocycles. The molecule has 9 nitrogen and oxygen atoms in total. The summed E-state index contributed by atoms with van der Waals surface area (Å²) in [7, 11) is 0. The molecule has 1 fully saturated rings. The predicted molar refractivity (Wildman–Crippen MR) is 111 cm³/mol. The molecule has 0 aromatic heterocycles. The Labute approximate surface area is 182 Å². The van der Waals surface area contributed by atoms with Crippen LogP contribution in [0.2, 0.25) is 0 Å². The zero-order chi connectivity index (χ0) is 23.1. The number of hydrogen-bond donors (Lipinski definition) is 4. The first kappa shape index (κ1) is 25.8. The summed E-state index contributed by atoms with van der Waals surface area (Å²) in [6, 6.07) is 0. The van der Waals surface area contributed by atoms with E-state index in [1.165, 1.54) is 0 Å². The fourth-order valence-electron chi connectivity index (χ4n) is 3.50. The zero-order valence-corrected chi connectivity index (χ0v) is 18.3. The molecule has 1 heterocycles. The van der Waals surface area contributed by atoms with Gasteiger partial charge in [-0.1, -0.05) is 11.6 Å². The zero-order valence-electron chi connectivity index (χ0n) is 18.3. The van der Waals surface area contributed by atoms with Crippen LogP contribution in [0.5, 0.6) is 0 Å². The first-order valence-electron chi connectivity index (χ1n) is 10.4. The number of Topliss-reactive ketones (excluding diaryl/α,β-unsaturated/α-hetero) is 1. The van der Waals surface area contributed by atoms with Gasteiger partial charge in [-0.15, -0.1) is 6.58 Å². The third-order valence-corrected chi connectivity index (χ3v) is 5.56. The third-order valence-electron chi connectivity index (χ3n) is 5.56. The van der Waals surface area contributed by atoms with Crippen molar-refractivity contribution < 1.29 is 44.5 Å². The average Bonchev–Trinajstić information content (AvgIpc) is 2.74. The summed E-state index contributed by atoms with van der Waals surface area (Å²) >= 11 is 0. The summed E-state index contributed by atoms with van der Waals surface area (Å²) in [5.41, 5.74) is 2.28. The second kappa shape index (κ2) is 12.0. The predicted octanol–water partition coefficient (Wildman–Crippen LogP) is 0.567. The SMILES string of the molecule is C=C(C)CCOOC1C=C(C)C(=O)CC1/C(=C\C)COC1OC(CO)C(O)C(O)C1O. The summed E-state index contributed by atoms with van der Waals surface area (Å²) in [4.78, 5) is 23.2. The molecule has 0 amide bonds. The Morgan fingerprint density at radius 3 is 2.61 bits per heavy atom. The highest BCUT2D eigenvalue weighted by molar-refractivity contribution is 5.96. The summed E-state index contributed by atoms with van der Waals surface area (Å²) < 4.78 is 11.0. The molecule has 4 N–H and O–H groups in total. The van der Waals surface area contributed by atoms with E-state index in [9.17, 15) is 25.2 Å². The molecule has 7 unspecified atom stereocenters. The molecule has 0 spiro atoms.